The van der Waals surface area contributed by atoms with Crippen molar-refractivity contribution >= 4 is 17.1 Å². The van der Waals surface area contributed by atoms with Crippen LogP contribution in [0.15, 0.2) is 71.0 Å². The number of benzene rings is 3. The molecule has 1 fully saturated rings. The van der Waals surface area contributed by atoms with E-state index in [9.17, 15) is 5.26 Å². The molecule has 2 aliphatic heterocycles. The molecular formula is C28H28N4O3. The predicted molar refractivity (Wildman–Crippen MR) is 136 cm³/mol. The van der Waals surface area contributed by atoms with Gasteiger partial charge >= 0.3 is 0 Å². The molecule has 7 heteroatoms. The molecule has 2 aliphatic rings. The van der Waals surface area contributed by atoms with Gasteiger partial charge in [0.25, 0.3) is 0 Å². The lowest BCUT2D eigenvalue weighted by Crippen LogP contribution is -2.43. The molecule has 3 aromatic carbocycles. The highest BCUT2D eigenvalue weighted by Crippen LogP contribution is 2.47. The lowest BCUT2D eigenvalue weighted by molar-refractivity contribution is 0.219. The second-order valence-corrected chi connectivity index (χ2v) is 8.76. The molecule has 0 aromatic heterocycles. The average molecular weight is 469 g/mol. The van der Waals surface area contributed by atoms with Crippen molar-refractivity contribution in [2.24, 2.45) is 4.99 Å². The highest BCUT2D eigenvalue weighted by molar-refractivity contribution is 5.90. The Labute approximate surface area is 205 Å². The van der Waals surface area contributed by atoms with E-state index in [2.05, 4.69) is 40.0 Å². The third-order valence-electron chi connectivity index (χ3n) is 6.68. The third kappa shape index (κ3) is 4.29. The summed E-state index contributed by atoms with van der Waals surface area (Å²) in [6.45, 7) is 3.71. The molecule has 0 N–H and O–H groups in total. The van der Waals surface area contributed by atoms with Crippen molar-refractivity contribution in [2.45, 2.75) is 5.92 Å². The molecule has 3 aromatic rings. The zero-order chi connectivity index (χ0) is 24.4. The van der Waals surface area contributed by atoms with E-state index < -0.39 is 0 Å². The number of piperazine rings is 1. The SMILES string of the molecule is COc1ccc(C2C(C#N)=C(N=CN3CCN(C)CC3)Oc3ccc4ccccc4c32)cc1OC. The summed E-state index contributed by atoms with van der Waals surface area (Å²) in [4.78, 5) is 9.12. The van der Waals surface area contributed by atoms with E-state index >= 15 is 0 Å². The molecule has 1 atom stereocenters. The van der Waals surface area contributed by atoms with E-state index in [0.717, 1.165) is 48.1 Å². The summed E-state index contributed by atoms with van der Waals surface area (Å²) in [5, 5.41) is 12.5. The molecule has 0 aliphatic carbocycles. The molecule has 35 heavy (non-hydrogen) atoms. The van der Waals surface area contributed by atoms with Gasteiger partial charge in [0.05, 0.1) is 26.5 Å². The second-order valence-electron chi connectivity index (χ2n) is 8.76. The Kier molecular flexibility index (Phi) is 6.30. The fourth-order valence-electron chi connectivity index (χ4n) is 4.73. The summed E-state index contributed by atoms with van der Waals surface area (Å²) in [5.41, 5.74) is 2.32. The number of hydrogen-bond donors (Lipinski definition) is 0. The van der Waals surface area contributed by atoms with Crippen LogP contribution in [-0.4, -0.2) is 63.6 Å². The summed E-state index contributed by atoms with van der Waals surface area (Å²) in [6.07, 6.45) is 1.80. The summed E-state index contributed by atoms with van der Waals surface area (Å²) < 4.78 is 17.3. The van der Waals surface area contributed by atoms with E-state index in [4.69, 9.17) is 14.2 Å². The lowest BCUT2D eigenvalue weighted by atomic mass is 9.81. The molecule has 1 saturated heterocycles. The number of nitrogens with zero attached hydrogens (tertiary/aromatic N) is 4. The molecule has 2 heterocycles. The molecule has 0 radical (unpaired) electrons. The maximum Gasteiger partial charge on any atom is 0.235 e. The van der Waals surface area contributed by atoms with E-state index in [1.165, 1.54) is 0 Å². The first kappa shape index (κ1) is 22.8. The summed E-state index contributed by atoms with van der Waals surface area (Å²) >= 11 is 0. The first-order chi connectivity index (χ1) is 17.1. The van der Waals surface area contributed by atoms with Crippen LogP contribution in [0.2, 0.25) is 0 Å². The zero-order valence-electron chi connectivity index (χ0n) is 20.2. The molecule has 7 nitrogen and oxygen atoms in total. The monoisotopic (exact) mass is 468 g/mol. The number of fused-ring (bicyclic) bond motifs is 3. The van der Waals surface area contributed by atoms with Crippen LogP contribution in [0.25, 0.3) is 10.8 Å². The van der Waals surface area contributed by atoms with Gasteiger partial charge in [0, 0.05) is 31.7 Å². The van der Waals surface area contributed by atoms with Crippen molar-refractivity contribution in [3.05, 3.63) is 77.2 Å². The minimum atomic E-state index is -0.366. The Morgan fingerprint density at radius 2 is 1.77 bits per heavy atom. The Morgan fingerprint density at radius 3 is 2.51 bits per heavy atom. The van der Waals surface area contributed by atoms with Crippen LogP contribution in [0.1, 0.15) is 17.0 Å². The first-order valence-corrected chi connectivity index (χ1v) is 11.7. The number of aliphatic imine (C=N–C) groups is 1. The van der Waals surface area contributed by atoms with E-state index in [0.29, 0.717) is 28.7 Å². The van der Waals surface area contributed by atoms with Crippen LogP contribution in [0, 0.1) is 11.3 Å². The quantitative estimate of drug-likeness (QED) is 0.409. The normalized spacial score (nSPS) is 18.3. The standard InChI is InChI=1S/C28H28N4O3/c1-31-12-14-32(15-13-31)18-30-28-22(17-29)26(20-9-10-23(33-2)25(16-20)34-3)27-21-7-5-4-6-19(21)8-11-24(27)35-28/h4-11,16,18,26H,12-15H2,1-3H3. The first-order valence-electron chi connectivity index (χ1n) is 11.7. The van der Waals surface area contributed by atoms with Gasteiger partial charge < -0.3 is 24.0 Å². The van der Waals surface area contributed by atoms with Crippen molar-refractivity contribution < 1.29 is 14.2 Å². The van der Waals surface area contributed by atoms with Gasteiger partial charge in [-0.25, -0.2) is 4.99 Å². The minimum absolute atomic E-state index is 0.328. The van der Waals surface area contributed by atoms with Crippen molar-refractivity contribution in [2.75, 3.05) is 47.4 Å². The van der Waals surface area contributed by atoms with Gasteiger partial charge in [-0.05, 0) is 41.6 Å². The van der Waals surface area contributed by atoms with Crippen molar-refractivity contribution in [3.8, 4) is 23.3 Å². The van der Waals surface area contributed by atoms with Crippen LogP contribution in [0.3, 0.4) is 0 Å². The number of nitriles is 1. The molecular weight excluding hydrogens is 440 g/mol. The number of likely N-dealkylation sites (N-methyl/N-ethyl adjacent to an activating group) is 1. The van der Waals surface area contributed by atoms with Gasteiger partial charge in [-0.15, -0.1) is 0 Å². The number of rotatable bonds is 5. The predicted octanol–water partition coefficient (Wildman–Crippen LogP) is 4.39. The van der Waals surface area contributed by atoms with Crippen LogP contribution in [0.4, 0.5) is 0 Å². The Hall–Kier alpha value is -4.02. The zero-order valence-corrected chi connectivity index (χ0v) is 20.2. The number of methoxy groups -OCH3 is 2. The maximum atomic E-state index is 10.4. The third-order valence-corrected chi connectivity index (χ3v) is 6.68. The largest absolute Gasteiger partial charge is 0.493 e. The topological polar surface area (TPSA) is 70.3 Å². The summed E-state index contributed by atoms with van der Waals surface area (Å²) in [7, 11) is 5.34. The molecule has 1 unspecified atom stereocenters. The average Bonchev–Trinajstić information content (AvgIpc) is 2.91. The van der Waals surface area contributed by atoms with Crippen molar-refractivity contribution in [1.29, 1.82) is 5.26 Å². The minimum Gasteiger partial charge on any atom is -0.493 e. The van der Waals surface area contributed by atoms with E-state index in [1.54, 1.807) is 20.6 Å². The molecule has 0 saturated carbocycles. The Morgan fingerprint density at radius 1 is 1.00 bits per heavy atom. The summed E-state index contributed by atoms with van der Waals surface area (Å²) in [5.74, 6) is 1.91. The van der Waals surface area contributed by atoms with Gasteiger partial charge in [-0.1, -0.05) is 36.4 Å². The van der Waals surface area contributed by atoms with Crippen molar-refractivity contribution in [1.82, 2.24) is 9.80 Å². The van der Waals surface area contributed by atoms with Crippen LogP contribution in [-0.2, 0) is 0 Å². The molecule has 178 valence electrons. The fourth-order valence-corrected chi connectivity index (χ4v) is 4.73. The Bertz CT molecular complexity index is 1350. The number of hydrogen-bond acceptors (Lipinski definition) is 6. The van der Waals surface area contributed by atoms with Gasteiger partial charge in [0.1, 0.15) is 17.4 Å². The van der Waals surface area contributed by atoms with Gasteiger partial charge in [0.2, 0.25) is 5.88 Å². The van der Waals surface area contributed by atoms with E-state index in [-0.39, 0.29) is 5.92 Å². The number of ether oxygens (including phenoxy) is 3. The molecule has 5 rings (SSSR count). The fraction of sp³-hybridized carbons (Fsp3) is 0.286. The van der Waals surface area contributed by atoms with Crippen molar-refractivity contribution in [3.63, 3.8) is 0 Å². The van der Waals surface area contributed by atoms with Crippen LogP contribution >= 0.6 is 0 Å². The molecule has 0 bridgehead atoms. The molecule has 0 amide bonds. The van der Waals surface area contributed by atoms with E-state index in [1.807, 2.05) is 42.5 Å². The Balaban J connectivity index is 1.66. The van der Waals surface area contributed by atoms with Gasteiger partial charge in [0.15, 0.2) is 11.5 Å². The number of allylic oxidation sites excluding steroid dienone is 1. The van der Waals surface area contributed by atoms with Gasteiger partial charge in [-0.3, -0.25) is 0 Å². The molecule has 0 spiro atoms. The smallest absolute Gasteiger partial charge is 0.235 e. The second kappa shape index (κ2) is 9.69. The maximum absolute atomic E-state index is 10.4. The van der Waals surface area contributed by atoms with Gasteiger partial charge in [-0.2, -0.15) is 5.26 Å². The highest BCUT2D eigenvalue weighted by Gasteiger charge is 2.33. The highest BCUT2D eigenvalue weighted by atomic mass is 16.5. The van der Waals surface area contributed by atoms with Crippen LogP contribution < -0.4 is 14.2 Å². The van der Waals surface area contributed by atoms with Crippen LogP contribution in [0.5, 0.6) is 17.2 Å². The summed E-state index contributed by atoms with van der Waals surface area (Å²) in [6, 6.07) is 20.3. The lowest BCUT2D eigenvalue weighted by Gasteiger charge is -2.31.